The Morgan fingerprint density at radius 1 is 0.333 bits per heavy atom. The van der Waals surface area contributed by atoms with Crippen LogP contribution in [0.25, 0.3) is 0 Å². The standard InChI is InChI=1S/C34H28B2O6/c1-5-15-25(16-6-1)31-32(26-17-7-2-8-18-26)40-35(39-31)37-29-23-13-14-24-30(29)38-36-41-33(27-19-9-3-10-20-27)34(42-36)28-21-11-4-12-22-28/h1-24,31-34H/t31-,32-,33-,34-/m0/s1. The predicted molar refractivity (Wildman–Crippen MR) is 160 cm³/mol. The Hall–Kier alpha value is -4.33. The second-order valence-corrected chi connectivity index (χ2v) is 10.1. The van der Waals surface area contributed by atoms with Gasteiger partial charge in [-0.2, -0.15) is 0 Å². The summed E-state index contributed by atoms with van der Waals surface area (Å²) in [6.07, 6.45) is -1.37. The molecule has 2 aliphatic rings. The summed E-state index contributed by atoms with van der Waals surface area (Å²) < 4.78 is 37.8. The van der Waals surface area contributed by atoms with Crippen molar-refractivity contribution in [1.82, 2.24) is 0 Å². The fourth-order valence-corrected chi connectivity index (χ4v) is 5.38. The van der Waals surface area contributed by atoms with E-state index in [0.29, 0.717) is 11.5 Å². The van der Waals surface area contributed by atoms with Crippen molar-refractivity contribution in [2.45, 2.75) is 24.4 Å². The Bertz CT molecular complexity index is 1360. The van der Waals surface area contributed by atoms with Crippen LogP contribution in [-0.4, -0.2) is 14.6 Å². The summed E-state index contributed by atoms with van der Waals surface area (Å²) >= 11 is 0. The third-order valence-corrected chi connectivity index (χ3v) is 7.39. The number of para-hydroxylation sites is 2. The topological polar surface area (TPSA) is 55.4 Å². The largest absolute Gasteiger partial charge is 0.714 e. The molecule has 0 aromatic heterocycles. The maximum absolute atomic E-state index is 6.33. The molecule has 2 fully saturated rings. The van der Waals surface area contributed by atoms with E-state index in [1.165, 1.54) is 0 Å². The predicted octanol–water partition coefficient (Wildman–Crippen LogP) is 7.47. The highest BCUT2D eigenvalue weighted by Crippen LogP contribution is 2.44. The molecule has 2 saturated heterocycles. The normalized spacial score (nSPS) is 21.8. The molecule has 6 nitrogen and oxygen atoms in total. The van der Waals surface area contributed by atoms with Gasteiger partial charge in [-0.25, -0.2) is 0 Å². The smallest absolute Gasteiger partial charge is 0.509 e. The number of hydrogen-bond acceptors (Lipinski definition) is 6. The highest BCUT2D eigenvalue weighted by molar-refractivity contribution is 6.39. The maximum atomic E-state index is 6.33. The molecule has 2 aliphatic heterocycles. The van der Waals surface area contributed by atoms with Crippen LogP contribution in [0.5, 0.6) is 11.5 Å². The van der Waals surface area contributed by atoms with E-state index in [1.807, 2.05) is 146 Å². The molecule has 0 radical (unpaired) electrons. The van der Waals surface area contributed by atoms with E-state index in [-0.39, 0.29) is 24.4 Å². The van der Waals surface area contributed by atoms with E-state index in [4.69, 9.17) is 27.9 Å². The number of benzene rings is 5. The summed E-state index contributed by atoms with van der Waals surface area (Å²) in [6, 6.07) is 47.5. The molecule has 206 valence electrons. The molecule has 0 saturated carbocycles. The van der Waals surface area contributed by atoms with E-state index in [2.05, 4.69) is 0 Å². The third-order valence-electron chi connectivity index (χ3n) is 7.39. The van der Waals surface area contributed by atoms with Crippen LogP contribution in [0.2, 0.25) is 0 Å². The van der Waals surface area contributed by atoms with Crippen LogP contribution in [0.3, 0.4) is 0 Å². The average Bonchev–Trinajstić information content (AvgIpc) is 3.68. The molecule has 2 heterocycles. The molecule has 4 atom stereocenters. The van der Waals surface area contributed by atoms with Gasteiger partial charge in [-0.1, -0.05) is 133 Å². The molecule has 0 amide bonds. The Morgan fingerprint density at radius 2 is 0.571 bits per heavy atom. The lowest BCUT2D eigenvalue weighted by atomic mass is 9.99. The van der Waals surface area contributed by atoms with E-state index >= 15 is 0 Å². The summed E-state index contributed by atoms with van der Waals surface area (Å²) in [5.74, 6) is 0.907. The second kappa shape index (κ2) is 12.3. The van der Waals surface area contributed by atoms with Crippen LogP contribution in [0.4, 0.5) is 0 Å². The molecule has 8 heteroatoms. The Labute approximate surface area is 246 Å². The maximum Gasteiger partial charge on any atom is 0.714 e. The van der Waals surface area contributed by atoms with Gasteiger partial charge in [0.15, 0.2) is 0 Å². The molecule has 0 spiro atoms. The highest BCUT2D eigenvalue weighted by Gasteiger charge is 2.47. The monoisotopic (exact) mass is 554 g/mol. The Balaban J connectivity index is 1.11. The molecule has 0 bridgehead atoms. The Morgan fingerprint density at radius 3 is 0.833 bits per heavy atom. The van der Waals surface area contributed by atoms with Gasteiger partial charge in [0.1, 0.15) is 35.9 Å². The molecule has 0 N–H and O–H groups in total. The van der Waals surface area contributed by atoms with E-state index in [0.717, 1.165) is 22.3 Å². The van der Waals surface area contributed by atoms with Gasteiger partial charge in [0.05, 0.1) is 0 Å². The van der Waals surface area contributed by atoms with Gasteiger partial charge >= 0.3 is 14.6 Å². The van der Waals surface area contributed by atoms with Gasteiger partial charge < -0.3 is 27.9 Å². The SMILES string of the molecule is c1ccc([C@@H]2OB(Oc3ccccc3OB3O[C@@H](c4ccccc4)[C@H](c4ccccc4)O3)O[C@H]2c2ccccc2)cc1. The molecule has 0 aliphatic carbocycles. The zero-order chi connectivity index (χ0) is 28.1. The first kappa shape index (κ1) is 26.6. The first-order valence-electron chi connectivity index (χ1n) is 14.1. The minimum absolute atomic E-state index is 0.341. The van der Waals surface area contributed by atoms with Crippen molar-refractivity contribution in [2.75, 3.05) is 0 Å². The highest BCUT2D eigenvalue weighted by atomic mass is 16.8. The molecule has 42 heavy (non-hydrogen) atoms. The number of hydrogen-bond donors (Lipinski definition) is 0. The van der Waals surface area contributed by atoms with Crippen LogP contribution < -0.4 is 9.31 Å². The van der Waals surface area contributed by atoms with Crippen molar-refractivity contribution in [3.8, 4) is 11.5 Å². The summed E-state index contributed by atoms with van der Waals surface area (Å²) in [4.78, 5) is 0. The van der Waals surface area contributed by atoms with Crippen molar-refractivity contribution in [2.24, 2.45) is 0 Å². The molecule has 5 aromatic carbocycles. The average molecular weight is 554 g/mol. The second-order valence-electron chi connectivity index (χ2n) is 10.1. The van der Waals surface area contributed by atoms with Crippen molar-refractivity contribution < 1.29 is 27.9 Å². The van der Waals surface area contributed by atoms with Gasteiger partial charge in [0, 0.05) is 0 Å². The first-order valence-corrected chi connectivity index (χ1v) is 14.1. The van der Waals surface area contributed by atoms with Crippen molar-refractivity contribution >= 4 is 14.6 Å². The van der Waals surface area contributed by atoms with E-state index < -0.39 is 14.6 Å². The van der Waals surface area contributed by atoms with Gasteiger partial charge in [-0.05, 0) is 34.4 Å². The number of rotatable bonds is 8. The lowest BCUT2D eigenvalue weighted by Crippen LogP contribution is -2.27. The van der Waals surface area contributed by atoms with Gasteiger partial charge in [0.2, 0.25) is 0 Å². The summed E-state index contributed by atoms with van der Waals surface area (Å²) in [5.41, 5.74) is 4.03. The summed E-state index contributed by atoms with van der Waals surface area (Å²) in [6.45, 7) is 0. The van der Waals surface area contributed by atoms with E-state index in [9.17, 15) is 0 Å². The molecular weight excluding hydrogens is 526 g/mol. The first-order chi connectivity index (χ1) is 20.8. The lowest BCUT2D eigenvalue weighted by Gasteiger charge is -2.18. The minimum Gasteiger partial charge on any atom is -0.509 e. The van der Waals surface area contributed by atoms with E-state index in [1.54, 1.807) is 0 Å². The quantitative estimate of drug-likeness (QED) is 0.186. The van der Waals surface area contributed by atoms with Crippen LogP contribution in [-0.2, 0) is 18.6 Å². The van der Waals surface area contributed by atoms with Crippen LogP contribution in [0.1, 0.15) is 46.7 Å². The van der Waals surface area contributed by atoms with Gasteiger partial charge in [-0.3, -0.25) is 0 Å². The lowest BCUT2D eigenvalue weighted by molar-refractivity contribution is 0.159. The summed E-state index contributed by atoms with van der Waals surface area (Å²) in [7, 11) is -1.91. The molecule has 5 aromatic rings. The fraction of sp³-hybridized carbons (Fsp3) is 0.118. The van der Waals surface area contributed by atoms with Crippen molar-refractivity contribution in [1.29, 1.82) is 0 Å². The van der Waals surface area contributed by atoms with Crippen molar-refractivity contribution in [3.63, 3.8) is 0 Å². The van der Waals surface area contributed by atoms with Crippen molar-refractivity contribution in [3.05, 3.63) is 168 Å². The summed E-state index contributed by atoms with van der Waals surface area (Å²) in [5, 5.41) is 0. The zero-order valence-corrected chi connectivity index (χ0v) is 22.8. The minimum atomic E-state index is -0.954. The van der Waals surface area contributed by atoms with Gasteiger partial charge in [0.25, 0.3) is 0 Å². The van der Waals surface area contributed by atoms with Crippen LogP contribution in [0.15, 0.2) is 146 Å². The van der Waals surface area contributed by atoms with Crippen LogP contribution in [0, 0.1) is 0 Å². The molecule has 7 rings (SSSR count). The third kappa shape index (κ3) is 5.71. The zero-order valence-electron chi connectivity index (χ0n) is 22.8. The fourth-order valence-electron chi connectivity index (χ4n) is 5.38. The molecular formula is C34H28B2O6. The molecule has 0 unspecified atom stereocenters. The van der Waals surface area contributed by atoms with Crippen LogP contribution >= 0.6 is 0 Å². The Kier molecular flexibility index (Phi) is 7.76. The van der Waals surface area contributed by atoms with Gasteiger partial charge in [-0.15, -0.1) is 0 Å².